The molecule has 0 unspecified atom stereocenters. The van der Waals surface area contributed by atoms with E-state index in [1.54, 1.807) is 6.20 Å². The van der Waals surface area contributed by atoms with E-state index in [9.17, 15) is 4.79 Å². The molecule has 1 aromatic heterocycles. The molecule has 1 N–H and O–H groups in total. The largest absolute Gasteiger partial charge is 0.486 e. The van der Waals surface area contributed by atoms with E-state index in [2.05, 4.69) is 10.3 Å². The fourth-order valence-corrected chi connectivity index (χ4v) is 3.64. The lowest BCUT2D eigenvalue weighted by Gasteiger charge is -2.40. The zero-order chi connectivity index (χ0) is 19.6. The number of imidazole rings is 1. The Labute approximate surface area is 169 Å². The molecular weight excluding hydrogens is 374 g/mol. The standard InChI is InChI=1S/C22H22ClN3O2/c1-26-14-13-24-20(26)15-28-19-9-7-18(8-10-19)25-21(27)22(11-2-12-22)16-3-5-17(23)6-4-16/h3-10,13-14H,2,11-12,15H2,1H3,(H,25,27). The van der Waals surface area contributed by atoms with Gasteiger partial charge >= 0.3 is 0 Å². The Bertz CT molecular complexity index is 960. The number of anilines is 1. The number of amides is 1. The molecule has 6 heteroatoms. The van der Waals surface area contributed by atoms with E-state index in [1.807, 2.05) is 66.3 Å². The maximum absolute atomic E-state index is 13.0. The average Bonchev–Trinajstić information content (AvgIpc) is 3.07. The van der Waals surface area contributed by atoms with Gasteiger partial charge < -0.3 is 14.6 Å². The summed E-state index contributed by atoms with van der Waals surface area (Å²) < 4.78 is 7.68. The van der Waals surface area contributed by atoms with Crippen LogP contribution in [-0.4, -0.2) is 15.5 Å². The van der Waals surface area contributed by atoms with E-state index in [-0.39, 0.29) is 5.91 Å². The van der Waals surface area contributed by atoms with Gasteiger partial charge in [-0.3, -0.25) is 4.79 Å². The zero-order valence-electron chi connectivity index (χ0n) is 15.7. The van der Waals surface area contributed by atoms with Crippen molar-refractivity contribution in [1.82, 2.24) is 9.55 Å². The van der Waals surface area contributed by atoms with Crippen LogP contribution in [-0.2, 0) is 23.9 Å². The molecule has 1 amide bonds. The second-order valence-corrected chi connectivity index (χ2v) is 7.60. The molecule has 2 aromatic carbocycles. The number of carbonyl (C=O) groups is 1. The van der Waals surface area contributed by atoms with Crippen molar-refractivity contribution in [3.8, 4) is 5.75 Å². The topological polar surface area (TPSA) is 56.1 Å². The first-order chi connectivity index (χ1) is 13.6. The van der Waals surface area contributed by atoms with Crippen molar-refractivity contribution < 1.29 is 9.53 Å². The van der Waals surface area contributed by atoms with Gasteiger partial charge in [0.05, 0.1) is 5.41 Å². The first-order valence-corrected chi connectivity index (χ1v) is 9.71. The highest BCUT2D eigenvalue weighted by Crippen LogP contribution is 2.44. The van der Waals surface area contributed by atoms with Crippen molar-refractivity contribution >= 4 is 23.2 Å². The minimum atomic E-state index is -0.460. The Balaban J connectivity index is 1.41. The Hall–Kier alpha value is -2.79. The monoisotopic (exact) mass is 395 g/mol. The predicted octanol–water partition coefficient (Wildman–Crippen LogP) is 4.71. The summed E-state index contributed by atoms with van der Waals surface area (Å²) in [6.07, 6.45) is 6.38. The number of carbonyl (C=O) groups excluding carboxylic acids is 1. The number of aryl methyl sites for hydroxylation is 1. The number of nitrogens with zero attached hydrogens (tertiary/aromatic N) is 2. The van der Waals surface area contributed by atoms with Gasteiger partial charge in [-0.15, -0.1) is 0 Å². The van der Waals surface area contributed by atoms with Crippen LogP contribution in [0, 0.1) is 0 Å². The van der Waals surface area contributed by atoms with Crippen molar-refractivity contribution in [2.75, 3.05) is 5.32 Å². The Morgan fingerprint density at radius 3 is 2.46 bits per heavy atom. The summed E-state index contributed by atoms with van der Waals surface area (Å²) in [6, 6.07) is 15.0. The lowest BCUT2D eigenvalue weighted by atomic mass is 9.64. The molecule has 0 bridgehead atoms. The highest BCUT2D eigenvalue weighted by molar-refractivity contribution is 6.30. The molecule has 0 saturated heterocycles. The van der Waals surface area contributed by atoms with Crippen LogP contribution in [0.5, 0.6) is 5.75 Å². The molecule has 4 rings (SSSR count). The molecule has 0 radical (unpaired) electrons. The lowest BCUT2D eigenvalue weighted by molar-refractivity contribution is -0.124. The Kier molecular flexibility index (Phi) is 5.09. The van der Waals surface area contributed by atoms with Crippen molar-refractivity contribution in [2.24, 2.45) is 7.05 Å². The third kappa shape index (κ3) is 3.62. The van der Waals surface area contributed by atoms with Crippen LogP contribution >= 0.6 is 11.6 Å². The molecule has 144 valence electrons. The molecule has 1 heterocycles. The molecule has 5 nitrogen and oxygen atoms in total. The molecular formula is C22H22ClN3O2. The SMILES string of the molecule is Cn1ccnc1COc1ccc(NC(=O)C2(c3ccc(Cl)cc3)CCC2)cc1. The van der Waals surface area contributed by atoms with Crippen LogP contribution in [0.4, 0.5) is 5.69 Å². The molecule has 0 spiro atoms. The quantitative estimate of drug-likeness (QED) is 0.657. The van der Waals surface area contributed by atoms with Crippen LogP contribution in [0.15, 0.2) is 60.9 Å². The van der Waals surface area contributed by atoms with Crippen molar-refractivity contribution in [2.45, 2.75) is 31.3 Å². The average molecular weight is 396 g/mol. The molecule has 1 aliphatic rings. The van der Waals surface area contributed by atoms with Gasteiger partial charge in [-0.2, -0.15) is 0 Å². The number of hydrogen-bond donors (Lipinski definition) is 1. The number of rotatable bonds is 6. The molecule has 0 atom stereocenters. The van der Waals surface area contributed by atoms with Gasteiger partial charge in [0.1, 0.15) is 18.2 Å². The van der Waals surface area contributed by atoms with Crippen LogP contribution in [0.2, 0.25) is 5.02 Å². The summed E-state index contributed by atoms with van der Waals surface area (Å²) in [6.45, 7) is 0.398. The number of benzene rings is 2. The van der Waals surface area contributed by atoms with E-state index in [0.29, 0.717) is 11.6 Å². The first-order valence-electron chi connectivity index (χ1n) is 9.33. The van der Waals surface area contributed by atoms with Gasteiger partial charge in [-0.1, -0.05) is 30.2 Å². The summed E-state index contributed by atoms with van der Waals surface area (Å²) in [5, 5.41) is 3.74. The molecule has 1 fully saturated rings. The van der Waals surface area contributed by atoms with Crippen molar-refractivity contribution in [1.29, 1.82) is 0 Å². The van der Waals surface area contributed by atoms with E-state index in [1.165, 1.54) is 0 Å². The molecule has 3 aromatic rings. The second kappa shape index (κ2) is 7.68. The van der Waals surface area contributed by atoms with E-state index < -0.39 is 5.41 Å². The highest BCUT2D eigenvalue weighted by Gasteiger charge is 2.45. The minimum Gasteiger partial charge on any atom is -0.486 e. The Morgan fingerprint density at radius 2 is 1.89 bits per heavy atom. The smallest absolute Gasteiger partial charge is 0.235 e. The predicted molar refractivity (Wildman–Crippen MR) is 110 cm³/mol. The number of hydrogen-bond acceptors (Lipinski definition) is 3. The normalized spacial score (nSPS) is 14.9. The fraction of sp³-hybridized carbons (Fsp3) is 0.273. The molecule has 1 aliphatic carbocycles. The van der Waals surface area contributed by atoms with E-state index >= 15 is 0 Å². The van der Waals surface area contributed by atoms with Gasteiger partial charge in [0.2, 0.25) is 5.91 Å². The molecule has 28 heavy (non-hydrogen) atoms. The van der Waals surface area contributed by atoms with Gasteiger partial charge in [0.15, 0.2) is 0 Å². The van der Waals surface area contributed by atoms with Gasteiger partial charge in [-0.05, 0) is 54.8 Å². The third-order valence-corrected chi connectivity index (χ3v) is 5.69. The number of nitrogens with one attached hydrogen (secondary N) is 1. The summed E-state index contributed by atoms with van der Waals surface area (Å²) in [7, 11) is 1.93. The van der Waals surface area contributed by atoms with Crippen LogP contribution in [0.3, 0.4) is 0 Å². The van der Waals surface area contributed by atoms with Gasteiger partial charge in [0.25, 0.3) is 0 Å². The summed E-state index contributed by atoms with van der Waals surface area (Å²) in [5.74, 6) is 1.62. The van der Waals surface area contributed by atoms with Crippen LogP contribution in [0.25, 0.3) is 0 Å². The summed E-state index contributed by atoms with van der Waals surface area (Å²) in [4.78, 5) is 17.3. The zero-order valence-corrected chi connectivity index (χ0v) is 16.4. The second-order valence-electron chi connectivity index (χ2n) is 7.16. The third-order valence-electron chi connectivity index (χ3n) is 5.44. The number of halogens is 1. The van der Waals surface area contributed by atoms with E-state index in [4.69, 9.17) is 16.3 Å². The maximum atomic E-state index is 13.0. The first kappa shape index (κ1) is 18.6. The molecule has 0 aliphatic heterocycles. The van der Waals surface area contributed by atoms with Gasteiger partial charge in [0, 0.05) is 30.2 Å². The van der Waals surface area contributed by atoms with Crippen molar-refractivity contribution in [3.63, 3.8) is 0 Å². The van der Waals surface area contributed by atoms with Crippen LogP contribution in [0.1, 0.15) is 30.7 Å². The highest BCUT2D eigenvalue weighted by atomic mass is 35.5. The van der Waals surface area contributed by atoms with E-state index in [0.717, 1.165) is 42.1 Å². The molecule has 1 saturated carbocycles. The summed E-state index contributed by atoms with van der Waals surface area (Å²) in [5.41, 5.74) is 1.32. The van der Waals surface area contributed by atoms with Crippen molar-refractivity contribution in [3.05, 3.63) is 77.3 Å². The lowest BCUT2D eigenvalue weighted by Crippen LogP contribution is -2.45. The fourth-order valence-electron chi connectivity index (χ4n) is 3.51. The maximum Gasteiger partial charge on any atom is 0.235 e. The summed E-state index contributed by atoms with van der Waals surface area (Å²) >= 11 is 6.00. The van der Waals surface area contributed by atoms with Gasteiger partial charge in [-0.25, -0.2) is 4.98 Å². The minimum absolute atomic E-state index is 0.0303. The number of ether oxygens (including phenoxy) is 1. The van der Waals surface area contributed by atoms with Crippen LogP contribution < -0.4 is 10.1 Å². The Morgan fingerprint density at radius 1 is 1.18 bits per heavy atom. The number of aromatic nitrogens is 2.